The Kier molecular flexibility index (Phi) is 6.13. The molecule has 0 unspecified atom stereocenters. The molecule has 0 saturated carbocycles. The number of carboxylic acids is 1. The number of likely N-dealkylation sites (tertiary alicyclic amines) is 1. The van der Waals surface area contributed by atoms with Crippen LogP contribution in [0.1, 0.15) is 23.5 Å². The Balaban J connectivity index is 1.29. The van der Waals surface area contributed by atoms with Gasteiger partial charge in [-0.3, -0.25) is 4.79 Å². The van der Waals surface area contributed by atoms with Gasteiger partial charge in [0, 0.05) is 25.0 Å². The van der Waals surface area contributed by atoms with Gasteiger partial charge in [-0.05, 0) is 22.3 Å². The van der Waals surface area contributed by atoms with Gasteiger partial charge < -0.3 is 20.1 Å². The van der Waals surface area contributed by atoms with E-state index in [2.05, 4.69) is 5.32 Å². The predicted octanol–water partition coefficient (Wildman–Crippen LogP) is 3.40. The van der Waals surface area contributed by atoms with Crippen molar-refractivity contribution in [3.63, 3.8) is 0 Å². The molecular weight excluding hydrogens is 434 g/mol. The number of carbonyl (C=O) groups excluding carboxylic acids is 2. The molecule has 33 heavy (non-hydrogen) atoms. The van der Waals surface area contributed by atoms with Gasteiger partial charge in [-0.1, -0.05) is 54.6 Å². The first-order chi connectivity index (χ1) is 15.8. The van der Waals surface area contributed by atoms with E-state index in [1.807, 2.05) is 48.5 Å². The van der Waals surface area contributed by atoms with E-state index >= 15 is 0 Å². The topological polar surface area (TPSA) is 95.9 Å². The monoisotopic (exact) mass is 456 g/mol. The van der Waals surface area contributed by atoms with Crippen LogP contribution >= 0.6 is 0 Å². The molecule has 1 aliphatic heterocycles. The molecule has 7 nitrogen and oxygen atoms in total. The highest BCUT2D eigenvalue weighted by Gasteiger charge is 2.49. The van der Waals surface area contributed by atoms with Gasteiger partial charge in [-0.15, -0.1) is 0 Å². The summed E-state index contributed by atoms with van der Waals surface area (Å²) < 4.78 is 32.4. The van der Waals surface area contributed by atoms with Gasteiger partial charge in [0.15, 0.2) is 0 Å². The lowest BCUT2D eigenvalue weighted by atomic mass is 9.98. The van der Waals surface area contributed by atoms with Crippen molar-refractivity contribution in [2.75, 3.05) is 19.7 Å². The summed E-state index contributed by atoms with van der Waals surface area (Å²) in [6.07, 6.45) is 0.630. The first kappa shape index (κ1) is 22.4. The number of fused-ring (bicyclic) bond motifs is 3. The SMILES string of the molecule is O=C(NC/C=C/C(=O)N1CC(F)(F)C[C@@H]1C(=O)O)OCC1c2ccccc2-c2ccccc21. The molecule has 2 aliphatic rings. The van der Waals surface area contributed by atoms with Crippen molar-refractivity contribution in [1.29, 1.82) is 0 Å². The number of hydrogen-bond acceptors (Lipinski definition) is 4. The number of ether oxygens (including phenoxy) is 1. The number of alkyl halides is 2. The number of aliphatic carboxylic acids is 1. The molecule has 0 spiro atoms. The highest BCUT2D eigenvalue weighted by Crippen LogP contribution is 2.44. The van der Waals surface area contributed by atoms with Gasteiger partial charge >= 0.3 is 12.1 Å². The number of benzene rings is 2. The van der Waals surface area contributed by atoms with Crippen molar-refractivity contribution in [1.82, 2.24) is 10.2 Å². The minimum absolute atomic E-state index is 0.0790. The zero-order chi connectivity index (χ0) is 23.6. The summed E-state index contributed by atoms with van der Waals surface area (Å²) >= 11 is 0. The van der Waals surface area contributed by atoms with Crippen LogP contribution in [-0.4, -0.2) is 59.6 Å². The summed E-state index contributed by atoms with van der Waals surface area (Å²) in [6, 6.07) is 14.3. The lowest BCUT2D eigenvalue weighted by molar-refractivity contribution is -0.146. The Labute approximate surface area is 188 Å². The maximum absolute atomic E-state index is 13.5. The first-order valence-electron chi connectivity index (χ1n) is 10.4. The van der Waals surface area contributed by atoms with Crippen molar-refractivity contribution in [3.05, 3.63) is 71.8 Å². The van der Waals surface area contributed by atoms with Crippen molar-refractivity contribution in [3.8, 4) is 11.1 Å². The van der Waals surface area contributed by atoms with Gasteiger partial charge in [-0.2, -0.15) is 0 Å². The van der Waals surface area contributed by atoms with E-state index in [1.54, 1.807) is 0 Å². The molecule has 2 aromatic rings. The lowest BCUT2D eigenvalue weighted by Crippen LogP contribution is -2.40. The predicted molar refractivity (Wildman–Crippen MR) is 115 cm³/mol. The highest BCUT2D eigenvalue weighted by atomic mass is 19.3. The van der Waals surface area contributed by atoms with Crippen LogP contribution in [0.4, 0.5) is 13.6 Å². The van der Waals surface area contributed by atoms with Crippen LogP contribution < -0.4 is 5.32 Å². The van der Waals surface area contributed by atoms with Crippen LogP contribution in [0.15, 0.2) is 60.7 Å². The fourth-order valence-electron chi connectivity index (χ4n) is 4.32. The third-order valence-electron chi connectivity index (χ3n) is 5.81. The van der Waals surface area contributed by atoms with E-state index in [9.17, 15) is 23.2 Å². The summed E-state index contributed by atoms with van der Waals surface area (Å²) in [5, 5.41) is 11.5. The molecule has 2 N–H and O–H groups in total. The number of nitrogens with zero attached hydrogens (tertiary/aromatic N) is 1. The largest absolute Gasteiger partial charge is 0.480 e. The normalized spacial score (nSPS) is 18.7. The lowest BCUT2D eigenvalue weighted by Gasteiger charge is -2.18. The average Bonchev–Trinajstić information content (AvgIpc) is 3.29. The summed E-state index contributed by atoms with van der Waals surface area (Å²) in [7, 11) is 0. The molecule has 4 rings (SSSR count). The zero-order valence-electron chi connectivity index (χ0n) is 17.5. The third kappa shape index (κ3) is 4.72. The van der Waals surface area contributed by atoms with Gasteiger partial charge in [0.2, 0.25) is 5.91 Å². The van der Waals surface area contributed by atoms with E-state index in [0.29, 0.717) is 4.90 Å². The molecule has 1 fully saturated rings. The molecule has 2 amide bonds. The zero-order valence-corrected chi connectivity index (χ0v) is 17.5. The van der Waals surface area contributed by atoms with E-state index < -0.39 is 42.9 Å². The second kappa shape index (κ2) is 9.01. The first-order valence-corrected chi connectivity index (χ1v) is 10.4. The van der Waals surface area contributed by atoms with Crippen LogP contribution in [0.3, 0.4) is 0 Å². The molecule has 0 bridgehead atoms. The Morgan fingerprint density at radius 3 is 2.30 bits per heavy atom. The molecule has 1 heterocycles. The average molecular weight is 456 g/mol. The number of amides is 2. The van der Waals surface area contributed by atoms with E-state index in [4.69, 9.17) is 9.84 Å². The van der Waals surface area contributed by atoms with E-state index in [0.717, 1.165) is 28.3 Å². The van der Waals surface area contributed by atoms with Crippen LogP contribution in [-0.2, 0) is 14.3 Å². The van der Waals surface area contributed by atoms with E-state index in [1.165, 1.54) is 6.08 Å². The summed E-state index contributed by atoms with van der Waals surface area (Å²) in [4.78, 5) is 36.0. The molecule has 9 heteroatoms. The Morgan fingerprint density at radius 2 is 1.70 bits per heavy atom. The van der Waals surface area contributed by atoms with Crippen LogP contribution in [0.25, 0.3) is 11.1 Å². The molecule has 172 valence electrons. The fraction of sp³-hybridized carbons (Fsp3) is 0.292. The summed E-state index contributed by atoms with van der Waals surface area (Å²) in [5.41, 5.74) is 4.37. The molecular formula is C24H22F2N2O5. The number of hydrogen-bond donors (Lipinski definition) is 2. The van der Waals surface area contributed by atoms with Crippen LogP contribution in [0, 0.1) is 0 Å². The standard InChI is InChI=1S/C24H22F2N2O5/c25-24(26)12-20(22(30)31)28(14-24)21(29)10-5-11-27-23(32)33-13-19-17-8-3-1-6-15(17)16-7-2-4-9-18(16)19/h1-10,19-20H,11-14H2,(H,27,32)(H,30,31)/b10-5+/t20-/m1/s1. The number of rotatable bonds is 6. The van der Waals surface area contributed by atoms with Gasteiger partial charge in [-0.25, -0.2) is 18.4 Å². The Hall–Kier alpha value is -3.75. The molecule has 1 atom stereocenters. The molecule has 1 aliphatic carbocycles. The van der Waals surface area contributed by atoms with Crippen LogP contribution in [0.2, 0.25) is 0 Å². The van der Waals surface area contributed by atoms with Crippen molar-refractivity contribution in [2.45, 2.75) is 24.3 Å². The van der Waals surface area contributed by atoms with Crippen molar-refractivity contribution in [2.24, 2.45) is 0 Å². The Morgan fingerprint density at radius 1 is 1.09 bits per heavy atom. The second-order valence-electron chi connectivity index (χ2n) is 7.99. The third-order valence-corrected chi connectivity index (χ3v) is 5.81. The summed E-state index contributed by atoms with van der Waals surface area (Å²) in [5.74, 6) is -5.67. The van der Waals surface area contributed by atoms with Gasteiger partial charge in [0.25, 0.3) is 5.92 Å². The number of carbonyl (C=O) groups is 3. The number of nitrogens with one attached hydrogen (secondary N) is 1. The quantitative estimate of drug-likeness (QED) is 0.650. The maximum Gasteiger partial charge on any atom is 0.407 e. The maximum atomic E-state index is 13.5. The second-order valence-corrected chi connectivity index (χ2v) is 7.99. The van der Waals surface area contributed by atoms with Gasteiger partial charge in [0.1, 0.15) is 12.6 Å². The fourth-order valence-corrected chi connectivity index (χ4v) is 4.32. The van der Waals surface area contributed by atoms with E-state index in [-0.39, 0.29) is 19.1 Å². The number of halogens is 2. The van der Waals surface area contributed by atoms with Crippen molar-refractivity contribution >= 4 is 18.0 Å². The molecule has 1 saturated heterocycles. The van der Waals surface area contributed by atoms with Gasteiger partial charge in [0.05, 0.1) is 6.54 Å². The minimum atomic E-state index is -3.24. The smallest absolute Gasteiger partial charge is 0.407 e. The Bertz CT molecular complexity index is 1070. The summed E-state index contributed by atoms with van der Waals surface area (Å²) in [6.45, 7) is -0.900. The molecule has 0 radical (unpaired) electrons. The van der Waals surface area contributed by atoms with Crippen molar-refractivity contribution < 1.29 is 33.0 Å². The minimum Gasteiger partial charge on any atom is -0.480 e. The highest BCUT2D eigenvalue weighted by molar-refractivity contribution is 5.92. The number of alkyl carbamates (subject to hydrolysis) is 1. The molecule has 0 aromatic heterocycles. The van der Waals surface area contributed by atoms with Crippen LogP contribution in [0.5, 0.6) is 0 Å². The molecule has 2 aromatic carbocycles. The number of carboxylic acid groups (broad SMARTS) is 1.